The highest BCUT2D eigenvalue weighted by Crippen LogP contribution is 2.39. The quantitative estimate of drug-likeness (QED) is 0.877. The van der Waals surface area contributed by atoms with Crippen LogP contribution in [0.5, 0.6) is 5.75 Å². The van der Waals surface area contributed by atoms with Crippen molar-refractivity contribution >= 4 is 11.7 Å². The Kier molecular flexibility index (Phi) is 5.52. The maximum atomic E-state index is 12.8. The zero-order valence-electron chi connectivity index (χ0n) is 16.3. The van der Waals surface area contributed by atoms with Gasteiger partial charge in [0.2, 0.25) is 0 Å². The van der Waals surface area contributed by atoms with Crippen molar-refractivity contribution in [3.05, 3.63) is 23.8 Å². The molecule has 1 aromatic rings. The van der Waals surface area contributed by atoms with Gasteiger partial charge < -0.3 is 24.6 Å². The summed E-state index contributed by atoms with van der Waals surface area (Å²) in [4.78, 5) is 19.7. The predicted molar refractivity (Wildman–Crippen MR) is 104 cm³/mol. The van der Waals surface area contributed by atoms with Gasteiger partial charge >= 0.3 is 6.03 Å². The van der Waals surface area contributed by atoms with Crippen molar-refractivity contribution in [1.82, 2.24) is 14.7 Å². The van der Waals surface area contributed by atoms with Gasteiger partial charge in [0.15, 0.2) is 0 Å². The van der Waals surface area contributed by atoms with Crippen molar-refractivity contribution in [2.75, 3.05) is 65.3 Å². The van der Waals surface area contributed by atoms with Crippen LogP contribution in [0.25, 0.3) is 0 Å². The number of hydrogen-bond donors (Lipinski definition) is 1. The number of likely N-dealkylation sites (N-methyl/N-ethyl adjacent to an activating group) is 1. The molecule has 2 saturated heterocycles. The SMILES string of the molecule is COC1CCOc2c(NC(=O)N3CCC(N4CCN(C)CC4)C3)cccc21. The minimum absolute atomic E-state index is 0.0269. The number of methoxy groups -OCH3 is 1. The zero-order chi connectivity index (χ0) is 18.8. The minimum Gasteiger partial charge on any atom is -0.491 e. The van der Waals surface area contributed by atoms with Crippen molar-refractivity contribution in [2.45, 2.75) is 25.0 Å². The number of benzene rings is 1. The fraction of sp³-hybridized carbons (Fsp3) is 0.650. The fourth-order valence-corrected chi connectivity index (χ4v) is 4.34. The Morgan fingerprint density at radius 2 is 2.00 bits per heavy atom. The maximum absolute atomic E-state index is 12.8. The van der Waals surface area contributed by atoms with Gasteiger partial charge in [-0.05, 0) is 19.5 Å². The number of urea groups is 1. The third-order valence-corrected chi connectivity index (χ3v) is 6.05. The van der Waals surface area contributed by atoms with Crippen LogP contribution in [0, 0.1) is 0 Å². The number of nitrogens with zero attached hydrogens (tertiary/aromatic N) is 3. The molecule has 3 aliphatic rings. The van der Waals surface area contributed by atoms with Crippen molar-refractivity contribution in [2.24, 2.45) is 0 Å². The van der Waals surface area contributed by atoms with Gasteiger partial charge in [0, 0.05) is 64.4 Å². The normalized spacial score (nSPS) is 26.5. The molecule has 4 rings (SSSR count). The zero-order valence-corrected chi connectivity index (χ0v) is 16.3. The van der Waals surface area contributed by atoms with Gasteiger partial charge in [-0.2, -0.15) is 0 Å². The Hall–Kier alpha value is -1.83. The number of rotatable bonds is 3. The van der Waals surface area contributed by atoms with Crippen LogP contribution in [-0.4, -0.2) is 86.8 Å². The molecule has 2 amide bonds. The molecule has 2 atom stereocenters. The van der Waals surface area contributed by atoms with Gasteiger partial charge in [-0.3, -0.25) is 4.90 Å². The lowest BCUT2D eigenvalue weighted by Crippen LogP contribution is -2.50. The molecule has 0 radical (unpaired) electrons. The molecule has 0 bridgehead atoms. The second kappa shape index (κ2) is 8.04. The molecule has 27 heavy (non-hydrogen) atoms. The Bertz CT molecular complexity index is 675. The van der Waals surface area contributed by atoms with Crippen LogP contribution in [0.15, 0.2) is 18.2 Å². The number of likely N-dealkylation sites (tertiary alicyclic amines) is 1. The van der Waals surface area contributed by atoms with E-state index in [1.54, 1.807) is 7.11 Å². The van der Waals surface area contributed by atoms with E-state index in [1.165, 1.54) is 0 Å². The van der Waals surface area contributed by atoms with E-state index in [1.807, 2.05) is 23.1 Å². The number of ether oxygens (including phenoxy) is 2. The van der Waals surface area contributed by atoms with Crippen molar-refractivity contribution in [3.63, 3.8) is 0 Å². The van der Waals surface area contributed by atoms with E-state index >= 15 is 0 Å². The molecule has 0 aromatic heterocycles. The molecule has 0 saturated carbocycles. The monoisotopic (exact) mass is 374 g/mol. The van der Waals surface area contributed by atoms with Gasteiger partial charge in [0.25, 0.3) is 0 Å². The molecule has 7 heteroatoms. The molecule has 0 spiro atoms. The minimum atomic E-state index is -0.0387. The average Bonchev–Trinajstić information content (AvgIpc) is 3.19. The van der Waals surface area contributed by atoms with E-state index in [4.69, 9.17) is 9.47 Å². The highest BCUT2D eigenvalue weighted by atomic mass is 16.5. The smallest absolute Gasteiger partial charge is 0.322 e. The molecule has 1 aromatic carbocycles. The van der Waals surface area contributed by atoms with E-state index in [9.17, 15) is 4.79 Å². The summed E-state index contributed by atoms with van der Waals surface area (Å²) in [6.07, 6.45) is 1.91. The van der Waals surface area contributed by atoms with Crippen LogP contribution in [0.3, 0.4) is 0 Å². The molecule has 0 aliphatic carbocycles. The molecule has 3 aliphatic heterocycles. The lowest BCUT2D eigenvalue weighted by Gasteiger charge is -2.36. The third-order valence-electron chi connectivity index (χ3n) is 6.05. The largest absolute Gasteiger partial charge is 0.491 e. The Morgan fingerprint density at radius 3 is 2.78 bits per heavy atom. The number of amides is 2. The van der Waals surface area contributed by atoms with E-state index in [0.717, 1.165) is 69.1 Å². The topological polar surface area (TPSA) is 57.3 Å². The number of carbonyl (C=O) groups is 1. The predicted octanol–water partition coefficient (Wildman–Crippen LogP) is 2.01. The van der Waals surface area contributed by atoms with Gasteiger partial charge in [0.1, 0.15) is 5.75 Å². The molecule has 2 fully saturated rings. The lowest BCUT2D eigenvalue weighted by atomic mass is 10.0. The molecule has 3 heterocycles. The van der Waals surface area contributed by atoms with Crippen LogP contribution in [0.4, 0.5) is 10.5 Å². The van der Waals surface area contributed by atoms with Crippen molar-refractivity contribution < 1.29 is 14.3 Å². The first-order chi connectivity index (χ1) is 13.2. The maximum Gasteiger partial charge on any atom is 0.322 e. The van der Waals surface area contributed by atoms with E-state index < -0.39 is 0 Å². The molecule has 7 nitrogen and oxygen atoms in total. The second-order valence-corrected chi connectivity index (χ2v) is 7.74. The first-order valence-corrected chi connectivity index (χ1v) is 9.92. The highest BCUT2D eigenvalue weighted by molar-refractivity contribution is 5.91. The van der Waals surface area contributed by atoms with Gasteiger partial charge in [-0.15, -0.1) is 0 Å². The molecule has 2 unspecified atom stereocenters. The van der Waals surface area contributed by atoms with Gasteiger partial charge in [-0.1, -0.05) is 12.1 Å². The summed E-state index contributed by atoms with van der Waals surface area (Å²) in [7, 11) is 3.89. The van der Waals surface area contributed by atoms with E-state index in [0.29, 0.717) is 12.6 Å². The summed E-state index contributed by atoms with van der Waals surface area (Å²) in [5, 5.41) is 3.07. The summed E-state index contributed by atoms with van der Waals surface area (Å²) in [6.45, 7) is 6.61. The molecule has 148 valence electrons. The van der Waals surface area contributed by atoms with E-state index in [-0.39, 0.29) is 12.1 Å². The van der Waals surface area contributed by atoms with Gasteiger partial charge in [0.05, 0.1) is 18.4 Å². The molecular formula is C20H30N4O3. The Morgan fingerprint density at radius 1 is 1.19 bits per heavy atom. The van der Waals surface area contributed by atoms with E-state index in [2.05, 4.69) is 22.2 Å². The fourth-order valence-electron chi connectivity index (χ4n) is 4.34. The number of anilines is 1. The first kappa shape index (κ1) is 18.5. The Balaban J connectivity index is 1.39. The van der Waals surface area contributed by atoms with Crippen molar-refractivity contribution in [1.29, 1.82) is 0 Å². The highest BCUT2D eigenvalue weighted by Gasteiger charge is 2.32. The number of nitrogens with one attached hydrogen (secondary N) is 1. The van der Waals surface area contributed by atoms with Gasteiger partial charge in [-0.25, -0.2) is 4.79 Å². The summed E-state index contributed by atoms with van der Waals surface area (Å²) < 4.78 is 11.4. The lowest BCUT2D eigenvalue weighted by molar-refractivity contribution is 0.0639. The summed E-state index contributed by atoms with van der Waals surface area (Å²) in [5.41, 5.74) is 1.75. The van der Waals surface area contributed by atoms with Crippen LogP contribution in [0.2, 0.25) is 0 Å². The third kappa shape index (κ3) is 3.90. The number of carbonyl (C=O) groups excluding carboxylic acids is 1. The summed E-state index contributed by atoms with van der Waals surface area (Å²) in [5.74, 6) is 0.749. The van der Waals surface area contributed by atoms with Crippen LogP contribution >= 0.6 is 0 Å². The first-order valence-electron chi connectivity index (χ1n) is 9.92. The summed E-state index contributed by atoms with van der Waals surface area (Å²) in [6, 6.07) is 6.30. The van der Waals surface area contributed by atoms with Crippen LogP contribution in [-0.2, 0) is 4.74 Å². The van der Waals surface area contributed by atoms with Crippen molar-refractivity contribution in [3.8, 4) is 5.75 Å². The van der Waals surface area contributed by atoms with Crippen LogP contribution < -0.4 is 10.1 Å². The second-order valence-electron chi connectivity index (χ2n) is 7.74. The summed E-state index contributed by atoms with van der Waals surface area (Å²) >= 11 is 0. The standard InChI is InChI=1S/C20H30N4O3/c1-22-9-11-23(12-10-22)15-6-8-24(14-15)20(25)21-17-5-3-4-16-18(26-2)7-13-27-19(16)17/h3-5,15,18H,6-14H2,1-2H3,(H,21,25). The molecular weight excluding hydrogens is 344 g/mol. The Labute approximate surface area is 161 Å². The number of piperazine rings is 1. The number of fused-ring (bicyclic) bond motifs is 1. The average molecular weight is 374 g/mol. The number of hydrogen-bond acceptors (Lipinski definition) is 5. The molecule has 1 N–H and O–H groups in total. The number of para-hydroxylation sites is 1. The van der Waals surface area contributed by atoms with Crippen LogP contribution in [0.1, 0.15) is 24.5 Å².